The van der Waals surface area contributed by atoms with Crippen molar-refractivity contribution >= 4 is 11.3 Å². The van der Waals surface area contributed by atoms with Crippen molar-refractivity contribution in [1.82, 2.24) is 20.3 Å². The van der Waals surface area contributed by atoms with Gasteiger partial charge in [-0.2, -0.15) is 0 Å². The molecule has 11 heavy (non-hydrogen) atoms. The third kappa shape index (κ3) is 0.794. The second kappa shape index (κ2) is 1.88. The minimum atomic E-state index is -0.270. The van der Waals surface area contributed by atoms with E-state index in [0.29, 0.717) is 11.3 Å². The summed E-state index contributed by atoms with van der Waals surface area (Å²) in [4.78, 5) is 17.2. The van der Waals surface area contributed by atoms with E-state index in [1.54, 1.807) is 6.92 Å². The van der Waals surface area contributed by atoms with Crippen molar-refractivity contribution in [3.05, 3.63) is 16.0 Å². The van der Waals surface area contributed by atoms with Crippen molar-refractivity contribution < 1.29 is 4.63 Å². The van der Waals surface area contributed by atoms with Crippen LogP contribution in [0.4, 0.5) is 0 Å². The minimum Gasteiger partial charge on any atom is -0.299 e. The van der Waals surface area contributed by atoms with Crippen LogP contribution in [-0.2, 0) is 0 Å². The number of aromatic amines is 1. The van der Waals surface area contributed by atoms with Crippen LogP contribution in [0.3, 0.4) is 0 Å². The Bertz CT molecular complexity index is 443. The van der Waals surface area contributed by atoms with Gasteiger partial charge in [0.25, 0.3) is 5.56 Å². The van der Waals surface area contributed by atoms with Crippen LogP contribution in [0.2, 0.25) is 0 Å². The summed E-state index contributed by atoms with van der Waals surface area (Å²) >= 11 is 0. The first kappa shape index (κ1) is 6.02. The molecule has 0 unspecified atom stereocenters. The van der Waals surface area contributed by atoms with Crippen molar-refractivity contribution in [2.75, 3.05) is 0 Å². The van der Waals surface area contributed by atoms with Crippen molar-refractivity contribution in [2.24, 2.45) is 0 Å². The van der Waals surface area contributed by atoms with Gasteiger partial charge in [-0.1, -0.05) is 0 Å². The van der Waals surface area contributed by atoms with Crippen molar-refractivity contribution in [1.29, 1.82) is 0 Å². The number of nitrogens with one attached hydrogen (secondary N) is 1. The van der Waals surface area contributed by atoms with Gasteiger partial charge < -0.3 is 0 Å². The van der Waals surface area contributed by atoms with Crippen molar-refractivity contribution in [2.45, 2.75) is 6.92 Å². The zero-order chi connectivity index (χ0) is 7.84. The molecular formula is C5H4N4O2. The molecule has 2 aromatic rings. The Balaban J connectivity index is 2.97. The lowest BCUT2D eigenvalue weighted by atomic mass is 10.5. The maximum Gasteiger partial charge on any atom is 0.271 e. The van der Waals surface area contributed by atoms with E-state index in [0.717, 1.165) is 0 Å². The average molecular weight is 152 g/mol. The van der Waals surface area contributed by atoms with Gasteiger partial charge >= 0.3 is 0 Å². The summed E-state index contributed by atoms with van der Waals surface area (Å²) in [6.45, 7) is 1.59. The first-order chi connectivity index (χ1) is 5.27. The van der Waals surface area contributed by atoms with Crippen LogP contribution in [0.15, 0.2) is 9.42 Å². The topological polar surface area (TPSA) is 84.7 Å². The molecule has 0 bridgehead atoms. The van der Waals surface area contributed by atoms with Crippen LogP contribution in [-0.4, -0.2) is 20.3 Å². The molecule has 0 aliphatic carbocycles. The second-order valence-corrected chi connectivity index (χ2v) is 2.09. The predicted octanol–water partition coefficient (Wildman–Crippen LogP) is -0.385. The Morgan fingerprint density at radius 2 is 2.27 bits per heavy atom. The highest BCUT2D eigenvalue weighted by atomic mass is 16.6. The van der Waals surface area contributed by atoms with Crippen LogP contribution in [0.5, 0.6) is 0 Å². The first-order valence-electron chi connectivity index (χ1n) is 2.96. The Labute approximate surface area is 60.2 Å². The van der Waals surface area contributed by atoms with Crippen LogP contribution in [0.1, 0.15) is 5.69 Å². The Morgan fingerprint density at radius 3 is 3.09 bits per heavy atom. The molecule has 2 rings (SSSR count). The molecule has 56 valence electrons. The summed E-state index contributed by atoms with van der Waals surface area (Å²) in [7, 11) is 0. The lowest BCUT2D eigenvalue weighted by Crippen LogP contribution is -2.11. The second-order valence-electron chi connectivity index (χ2n) is 2.09. The number of fused-ring (bicyclic) bond motifs is 1. The fourth-order valence-corrected chi connectivity index (χ4v) is 0.744. The maximum atomic E-state index is 10.9. The number of hydrogen-bond donors (Lipinski definition) is 1. The summed E-state index contributed by atoms with van der Waals surface area (Å²) in [6, 6.07) is 0. The number of aryl methyl sites for hydroxylation is 1. The van der Waals surface area contributed by atoms with Gasteiger partial charge in [-0.3, -0.25) is 9.78 Å². The van der Waals surface area contributed by atoms with E-state index in [-0.39, 0.29) is 11.2 Å². The molecule has 6 nitrogen and oxygen atoms in total. The average Bonchev–Trinajstić information content (AvgIpc) is 2.36. The molecule has 0 fully saturated rings. The summed E-state index contributed by atoms with van der Waals surface area (Å²) in [5, 5.41) is 6.87. The fourth-order valence-electron chi connectivity index (χ4n) is 0.744. The van der Waals surface area contributed by atoms with E-state index >= 15 is 0 Å². The van der Waals surface area contributed by atoms with Gasteiger partial charge in [-0.25, -0.2) is 9.61 Å². The number of aromatic nitrogens is 4. The van der Waals surface area contributed by atoms with Gasteiger partial charge in [-0.15, -0.1) is 0 Å². The molecule has 0 aromatic carbocycles. The predicted molar refractivity (Wildman–Crippen MR) is 35.0 cm³/mol. The molecule has 0 radical (unpaired) electrons. The largest absolute Gasteiger partial charge is 0.299 e. The Kier molecular flexibility index (Phi) is 1.03. The third-order valence-corrected chi connectivity index (χ3v) is 1.31. The standard InChI is InChI=1S/C5H4N4O2/c1-2-5(10)7-4-3(6-2)8-11-9-4/h1H3,(H,7,9,10). The molecule has 0 aliphatic heterocycles. The Hall–Kier alpha value is -1.72. The summed E-state index contributed by atoms with van der Waals surface area (Å²) in [5.41, 5.74) is 0.684. The smallest absolute Gasteiger partial charge is 0.271 e. The molecule has 6 heteroatoms. The van der Waals surface area contributed by atoms with Gasteiger partial charge in [0, 0.05) is 0 Å². The Morgan fingerprint density at radius 1 is 1.45 bits per heavy atom. The SMILES string of the molecule is Cc1nc2nonc2[nH]c1=O. The molecule has 0 atom stereocenters. The van der Waals surface area contributed by atoms with E-state index in [4.69, 9.17) is 0 Å². The van der Waals surface area contributed by atoms with Crippen LogP contribution in [0, 0.1) is 6.92 Å². The molecule has 0 saturated carbocycles. The normalized spacial score (nSPS) is 10.6. The van der Waals surface area contributed by atoms with Gasteiger partial charge in [0.1, 0.15) is 5.69 Å². The first-order valence-corrected chi connectivity index (χ1v) is 2.96. The van der Waals surface area contributed by atoms with E-state index in [1.165, 1.54) is 0 Å². The van der Waals surface area contributed by atoms with Gasteiger partial charge in [0.05, 0.1) is 0 Å². The van der Waals surface area contributed by atoms with E-state index in [1.807, 2.05) is 0 Å². The molecule has 0 spiro atoms. The van der Waals surface area contributed by atoms with Crippen LogP contribution < -0.4 is 5.56 Å². The number of hydrogen-bond acceptors (Lipinski definition) is 5. The van der Waals surface area contributed by atoms with Gasteiger partial charge in [0.15, 0.2) is 0 Å². The number of nitrogens with zero attached hydrogens (tertiary/aromatic N) is 3. The van der Waals surface area contributed by atoms with Gasteiger partial charge in [0.2, 0.25) is 11.3 Å². The van der Waals surface area contributed by atoms with E-state index in [9.17, 15) is 4.79 Å². The lowest BCUT2D eigenvalue weighted by molar-refractivity contribution is 0.314. The molecular weight excluding hydrogens is 148 g/mol. The van der Waals surface area contributed by atoms with Crippen LogP contribution in [0.25, 0.3) is 11.3 Å². The maximum absolute atomic E-state index is 10.9. The van der Waals surface area contributed by atoms with Crippen molar-refractivity contribution in [3.8, 4) is 0 Å². The monoisotopic (exact) mass is 152 g/mol. The molecule has 0 saturated heterocycles. The zero-order valence-corrected chi connectivity index (χ0v) is 5.66. The number of rotatable bonds is 0. The molecule has 2 heterocycles. The highest BCUT2D eigenvalue weighted by Crippen LogP contribution is 1.97. The zero-order valence-electron chi connectivity index (χ0n) is 5.66. The quantitative estimate of drug-likeness (QED) is 0.555. The summed E-state index contributed by atoms with van der Waals surface area (Å²) < 4.78 is 4.34. The number of H-pyrrole nitrogens is 1. The van der Waals surface area contributed by atoms with Crippen LogP contribution >= 0.6 is 0 Å². The summed E-state index contributed by atoms with van der Waals surface area (Å²) in [5.74, 6) is 0. The summed E-state index contributed by atoms with van der Waals surface area (Å²) in [6.07, 6.45) is 0. The van der Waals surface area contributed by atoms with E-state index in [2.05, 4.69) is 24.9 Å². The molecule has 2 aromatic heterocycles. The minimum absolute atomic E-state index is 0.270. The van der Waals surface area contributed by atoms with Gasteiger partial charge in [-0.05, 0) is 17.2 Å². The fraction of sp³-hybridized carbons (Fsp3) is 0.200. The lowest BCUT2D eigenvalue weighted by Gasteiger charge is -1.85. The molecule has 0 aliphatic rings. The third-order valence-electron chi connectivity index (χ3n) is 1.31. The van der Waals surface area contributed by atoms with E-state index < -0.39 is 0 Å². The molecule has 1 N–H and O–H groups in total. The highest BCUT2D eigenvalue weighted by Gasteiger charge is 2.03. The van der Waals surface area contributed by atoms with Crippen molar-refractivity contribution in [3.63, 3.8) is 0 Å². The molecule has 0 amide bonds. The highest BCUT2D eigenvalue weighted by molar-refractivity contribution is 5.61.